The third kappa shape index (κ3) is 3.74. The zero-order valence-corrected chi connectivity index (χ0v) is 14.3. The van der Waals surface area contributed by atoms with Gasteiger partial charge < -0.3 is 10.2 Å². The molecular weight excluding hydrogens is 342 g/mol. The van der Waals surface area contributed by atoms with E-state index in [2.05, 4.69) is 60.4 Å². The van der Waals surface area contributed by atoms with Gasteiger partial charge in [-0.05, 0) is 53.4 Å². The van der Waals surface area contributed by atoms with Crippen molar-refractivity contribution < 1.29 is 0 Å². The molecule has 1 aliphatic rings. The number of rotatable bonds is 3. The van der Waals surface area contributed by atoms with Crippen LogP contribution in [0.4, 0.5) is 17.5 Å². The van der Waals surface area contributed by atoms with Crippen molar-refractivity contribution in [1.82, 2.24) is 15.2 Å². The van der Waals surface area contributed by atoms with E-state index in [-0.39, 0.29) is 0 Å². The van der Waals surface area contributed by atoms with E-state index >= 15 is 0 Å². The standard InChI is InChI=1S/C16H20BrN5/c1-12-6-7-14(13(17)10-12)19-15-11-18-21-16(20-15)22-8-4-2-3-5-9-22/h6-7,10-11H,2-5,8-9H2,1H3,(H,19,20,21). The summed E-state index contributed by atoms with van der Waals surface area (Å²) in [6.07, 6.45) is 6.64. The highest BCUT2D eigenvalue weighted by Crippen LogP contribution is 2.26. The summed E-state index contributed by atoms with van der Waals surface area (Å²) in [6, 6.07) is 6.18. The van der Waals surface area contributed by atoms with E-state index in [0.29, 0.717) is 0 Å². The number of hydrogen-bond donors (Lipinski definition) is 1. The highest BCUT2D eigenvalue weighted by molar-refractivity contribution is 9.10. The van der Waals surface area contributed by atoms with Crippen LogP contribution in [-0.4, -0.2) is 28.3 Å². The van der Waals surface area contributed by atoms with Crippen LogP contribution in [0.5, 0.6) is 0 Å². The molecule has 116 valence electrons. The minimum atomic E-state index is 0.718. The molecule has 5 nitrogen and oxygen atoms in total. The lowest BCUT2D eigenvalue weighted by molar-refractivity contribution is 0.726. The van der Waals surface area contributed by atoms with E-state index in [1.165, 1.54) is 31.2 Å². The van der Waals surface area contributed by atoms with Gasteiger partial charge in [0.25, 0.3) is 0 Å². The van der Waals surface area contributed by atoms with Crippen molar-refractivity contribution in [3.8, 4) is 0 Å². The number of halogens is 1. The summed E-state index contributed by atoms with van der Waals surface area (Å²) in [5, 5.41) is 11.6. The second-order valence-electron chi connectivity index (χ2n) is 5.65. The molecule has 0 atom stereocenters. The summed E-state index contributed by atoms with van der Waals surface area (Å²) in [4.78, 5) is 6.85. The van der Waals surface area contributed by atoms with Crippen molar-refractivity contribution in [2.45, 2.75) is 32.6 Å². The fourth-order valence-electron chi connectivity index (χ4n) is 2.62. The average Bonchev–Trinajstić information content (AvgIpc) is 2.80. The zero-order valence-electron chi connectivity index (χ0n) is 12.7. The Hall–Kier alpha value is -1.69. The maximum absolute atomic E-state index is 4.62. The fourth-order valence-corrected chi connectivity index (χ4v) is 3.21. The monoisotopic (exact) mass is 361 g/mol. The average molecular weight is 362 g/mol. The lowest BCUT2D eigenvalue weighted by atomic mass is 10.2. The van der Waals surface area contributed by atoms with Crippen LogP contribution in [0.2, 0.25) is 0 Å². The van der Waals surface area contributed by atoms with E-state index < -0.39 is 0 Å². The highest BCUT2D eigenvalue weighted by atomic mass is 79.9. The third-order valence-electron chi connectivity index (χ3n) is 3.82. The van der Waals surface area contributed by atoms with E-state index in [9.17, 15) is 0 Å². The molecular formula is C16H20BrN5. The molecule has 0 radical (unpaired) electrons. The van der Waals surface area contributed by atoms with Crippen molar-refractivity contribution in [2.24, 2.45) is 0 Å². The first-order valence-electron chi connectivity index (χ1n) is 7.70. The molecule has 1 fully saturated rings. The first kappa shape index (κ1) is 15.2. The van der Waals surface area contributed by atoms with Crippen LogP contribution in [0.3, 0.4) is 0 Å². The molecule has 1 aliphatic heterocycles. The number of nitrogens with one attached hydrogen (secondary N) is 1. The van der Waals surface area contributed by atoms with Gasteiger partial charge >= 0.3 is 0 Å². The van der Waals surface area contributed by atoms with Gasteiger partial charge in [-0.2, -0.15) is 10.1 Å². The molecule has 0 saturated carbocycles. The maximum Gasteiger partial charge on any atom is 0.247 e. The number of aryl methyl sites for hydroxylation is 1. The Kier molecular flexibility index (Phi) is 4.87. The maximum atomic E-state index is 4.62. The number of nitrogens with zero attached hydrogens (tertiary/aromatic N) is 4. The van der Waals surface area contributed by atoms with Crippen LogP contribution >= 0.6 is 15.9 Å². The van der Waals surface area contributed by atoms with Crippen LogP contribution in [0.25, 0.3) is 0 Å². The molecule has 0 bridgehead atoms. The van der Waals surface area contributed by atoms with E-state index in [4.69, 9.17) is 0 Å². The van der Waals surface area contributed by atoms with Crippen LogP contribution < -0.4 is 10.2 Å². The first-order chi connectivity index (χ1) is 10.7. The minimum absolute atomic E-state index is 0.718. The van der Waals surface area contributed by atoms with Crippen LogP contribution in [0.15, 0.2) is 28.9 Å². The minimum Gasteiger partial charge on any atom is -0.339 e. The molecule has 0 unspecified atom stereocenters. The molecule has 2 aromatic rings. The van der Waals surface area contributed by atoms with E-state index in [0.717, 1.165) is 35.0 Å². The molecule has 1 aromatic carbocycles. The zero-order chi connectivity index (χ0) is 15.4. The van der Waals surface area contributed by atoms with Gasteiger partial charge in [0, 0.05) is 17.6 Å². The van der Waals surface area contributed by atoms with Gasteiger partial charge in [0.1, 0.15) is 0 Å². The number of benzene rings is 1. The predicted octanol–water partition coefficient (Wildman–Crippen LogP) is 4.07. The molecule has 3 rings (SSSR count). The van der Waals surface area contributed by atoms with Crippen molar-refractivity contribution in [2.75, 3.05) is 23.3 Å². The molecule has 6 heteroatoms. The van der Waals surface area contributed by atoms with Gasteiger partial charge in [-0.1, -0.05) is 18.9 Å². The molecule has 0 aliphatic carbocycles. The Morgan fingerprint density at radius 1 is 1.14 bits per heavy atom. The molecule has 0 amide bonds. The van der Waals surface area contributed by atoms with Crippen LogP contribution in [0, 0.1) is 6.92 Å². The predicted molar refractivity (Wildman–Crippen MR) is 92.7 cm³/mol. The second-order valence-corrected chi connectivity index (χ2v) is 6.51. The van der Waals surface area contributed by atoms with Gasteiger partial charge in [0.15, 0.2) is 5.82 Å². The largest absolute Gasteiger partial charge is 0.339 e. The Balaban J connectivity index is 1.78. The van der Waals surface area contributed by atoms with E-state index in [1.807, 2.05) is 6.07 Å². The van der Waals surface area contributed by atoms with E-state index in [1.54, 1.807) is 6.20 Å². The van der Waals surface area contributed by atoms with Crippen molar-refractivity contribution >= 4 is 33.4 Å². The second kappa shape index (κ2) is 7.05. The molecule has 1 aromatic heterocycles. The normalized spacial score (nSPS) is 15.5. The SMILES string of the molecule is Cc1ccc(Nc2cnnc(N3CCCCCC3)n2)c(Br)c1. The molecule has 22 heavy (non-hydrogen) atoms. The smallest absolute Gasteiger partial charge is 0.247 e. The lowest BCUT2D eigenvalue weighted by Crippen LogP contribution is -2.26. The van der Waals surface area contributed by atoms with Crippen LogP contribution in [-0.2, 0) is 0 Å². The third-order valence-corrected chi connectivity index (χ3v) is 4.48. The van der Waals surface area contributed by atoms with Crippen molar-refractivity contribution in [3.63, 3.8) is 0 Å². The summed E-state index contributed by atoms with van der Waals surface area (Å²) in [6.45, 7) is 4.09. The van der Waals surface area contributed by atoms with Crippen molar-refractivity contribution in [3.05, 3.63) is 34.4 Å². The van der Waals surface area contributed by atoms with Gasteiger partial charge in [0.05, 0.1) is 11.9 Å². The molecule has 0 spiro atoms. The van der Waals surface area contributed by atoms with Gasteiger partial charge in [-0.25, -0.2) is 0 Å². The number of aromatic nitrogens is 3. The molecule has 1 N–H and O–H groups in total. The molecule has 1 saturated heterocycles. The van der Waals surface area contributed by atoms with Gasteiger partial charge in [-0.3, -0.25) is 0 Å². The number of anilines is 3. The first-order valence-corrected chi connectivity index (χ1v) is 8.49. The number of hydrogen-bond acceptors (Lipinski definition) is 5. The quantitative estimate of drug-likeness (QED) is 0.892. The lowest BCUT2D eigenvalue weighted by Gasteiger charge is -2.19. The Bertz CT molecular complexity index is 638. The van der Waals surface area contributed by atoms with Crippen molar-refractivity contribution in [1.29, 1.82) is 0 Å². The highest BCUT2D eigenvalue weighted by Gasteiger charge is 2.13. The summed E-state index contributed by atoms with van der Waals surface area (Å²) >= 11 is 3.57. The summed E-state index contributed by atoms with van der Waals surface area (Å²) in [5.41, 5.74) is 2.19. The van der Waals surface area contributed by atoms with Crippen LogP contribution in [0.1, 0.15) is 31.2 Å². The summed E-state index contributed by atoms with van der Waals surface area (Å²) < 4.78 is 1.02. The summed E-state index contributed by atoms with van der Waals surface area (Å²) in [5.74, 6) is 1.44. The summed E-state index contributed by atoms with van der Waals surface area (Å²) in [7, 11) is 0. The van der Waals surface area contributed by atoms with Gasteiger partial charge in [-0.15, -0.1) is 5.10 Å². The Morgan fingerprint density at radius 3 is 2.64 bits per heavy atom. The Morgan fingerprint density at radius 2 is 1.91 bits per heavy atom. The Labute approximate surface area is 139 Å². The fraction of sp³-hybridized carbons (Fsp3) is 0.438. The topological polar surface area (TPSA) is 53.9 Å². The van der Waals surface area contributed by atoms with Gasteiger partial charge in [0.2, 0.25) is 5.95 Å². The molecule has 2 heterocycles.